The van der Waals surface area contributed by atoms with Gasteiger partial charge in [-0.2, -0.15) is 0 Å². The number of nitrogens with one attached hydrogen (secondary N) is 1. The fraction of sp³-hybridized carbons (Fsp3) is 0.250. The fourth-order valence-electron chi connectivity index (χ4n) is 0.596. The van der Waals surface area contributed by atoms with Gasteiger partial charge in [0.1, 0.15) is 6.54 Å². The summed E-state index contributed by atoms with van der Waals surface area (Å²) in [5.41, 5.74) is 0. The number of thiocarbonyl (C=S) groups is 1. The van der Waals surface area contributed by atoms with E-state index < -0.39 is 17.1 Å². The molecule has 0 aliphatic carbocycles. The van der Waals surface area contributed by atoms with Crippen LogP contribution < -0.4 is 5.32 Å². The van der Waals surface area contributed by atoms with Crippen LogP contribution in [0, 0.1) is 0 Å². The second-order valence-electron chi connectivity index (χ2n) is 1.72. The SMILES string of the molecule is O=C1CN(C(O)=S)C(=O)N1. The molecule has 1 saturated heterocycles. The Morgan fingerprint density at radius 2 is 2.30 bits per heavy atom. The smallest absolute Gasteiger partial charge is 0.332 e. The molecule has 0 aromatic rings. The van der Waals surface area contributed by atoms with Crippen LogP contribution in [-0.2, 0) is 4.79 Å². The van der Waals surface area contributed by atoms with Crippen molar-refractivity contribution in [2.24, 2.45) is 0 Å². The second kappa shape index (κ2) is 2.22. The fourth-order valence-corrected chi connectivity index (χ4v) is 0.744. The van der Waals surface area contributed by atoms with E-state index in [2.05, 4.69) is 12.2 Å². The Labute approximate surface area is 61.6 Å². The van der Waals surface area contributed by atoms with Crippen LogP contribution in [0.3, 0.4) is 0 Å². The summed E-state index contributed by atoms with van der Waals surface area (Å²) in [5, 5.41) is 9.95. The minimum Gasteiger partial charge on any atom is -0.486 e. The van der Waals surface area contributed by atoms with E-state index in [1.54, 1.807) is 0 Å². The van der Waals surface area contributed by atoms with Crippen molar-refractivity contribution in [3.63, 3.8) is 0 Å². The van der Waals surface area contributed by atoms with Crippen molar-refractivity contribution in [1.82, 2.24) is 10.2 Å². The highest BCUT2D eigenvalue weighted by molar-refractivity contribution is 7.79. The van der Waals surface area contributed by atoms with Crippen molar-refractivity contribution in [1.29, 1.82) is 0 Å². The number of carbonyl (C=O) groups excluding carboxylic acids is 2. The standard InChI is InChI=1S/C4H4N2O3S/c7-2-1-6(4(9)10)3(8)5-2/h1H2,(H,9,10)(H,5,7,8). The maximum absolute atomic E-state index is 10.6. The van der Waals surface area contributed by atoms with Crippen molar-refractivity contribution < 1.29 is 14.7 Å². The molecule has 0 unspecified atom stereocenters. The lowest BCUT2D eigenvalue weighted by Gasteiger charge is -2.06. The van der Waals surface area contributed by atoms with Crippen LogP contribution in [-0.4, -0.2) is 33.7 Å². The van der Waals surface area contributed by atoms with Gasteiger partial charge in [0.2, 0.25) is 5.91 Å². The second-order valence-corrected chi connectivity index (χ2v) is 2.09. The van der Waals surface area contributed by atoms with E-state index in [4.69, 9.17) is 5.11 Å². The molecule has 5 nitrogen and oxygen atoms in total. The van der Waals surface area contributed by atoms with Crippen molar-refractivity contribution in [3.8, 4) is 0 Å². The number of carbonyl (C=O) groups is 2. The number of aliphatic hydroxyl groups is 1. The quantitative estimate of drug-likeness (QED) is 0.366. The summed E-state index contributed by atoms with van der Waals surface area (Å²) in [4.78, 5) is 21.8. The first kappa shape index (κ1) is 6.94. The molecule has 1 rings (SSSR count). The van der Waals surface area contributed by atoms with Crippen molar-refractivity contribution >= 4 is 29.3 Å². The normalized spacial score (nSPS) is 17.4. The summed E-state index contributed by atoms with van der Waals surface area (Å²) in [6, 6.07) is -0.669. The number of amides is 3. The predicted octanol–water partition coefficient (Wildman–Crippen LogP) is -0.619. The predicted molar refractivity (Wildman–Crippen MR) is 35.5 cm³/mol. The molecule has 0 bridgehead atoms. The van der Waals surface area contributed by atoms with Crippen LogP contribution in [0.4, 0.5) is 4.79 Å². The zero-order valence-corrected chi connectivity index (χ0v) is 5.64. The molecule has 1 fully saturated rings. The monoisotopic (exact) mass is 160 g/mol. The first-order chi connectivity index (χ1) is 4.61. The van der Waals surface area contributed by atoms with Gasteiger partial charge in [0, 0.05) is 0 Å². The lowest BCUT2D eigenvalue weighted by molar-refractivity contribution is -0.118. The van der Waals surface area contributed by atoms with Gasteiger partial charge in [0.15, 0.2) is 0 Å². The van der Waals surface area contributed by atoms with E-state index in [1.165, 1.54) is 0 Å². The average Bonchev–Trinajstić information content (AvgIpc) is 2.10. The maximum atomic E-state index is 10.6. The lowest BCUT2D eigenvalue weighted by atomic mass is 10.6. The molecule has 2 N–H and O–H groups in total. The number of nitrogens with zero attached hydrogens (tertiary/aromatic N) is 1. The molecule has 1 aliphatic rings. The highest BCUT2D eigenvalue weighted by Crippen LogP contribution is 1.97. The van der Waals surface area contributed by atoms with Crippen LogP contribution in [0.5, 0.6) is 0 Å². The summed E-state index contributed by atoms with van der Waals surface area (Å²) >= 11 is 4.25. The van der Waals surface area contributed by atoms with Gasteiger partial charge in [-0.1, -0.05) is 0 Å². The van der Waals surface area contributed by atoms with Crippen molar-refractivity contribution in [2.75, 3.05) is 6.54 Å². The maximum Gasteiger partial charge on any atom is 0.332 e. The van der Waals surface area contributed by atoms with Crippen LogP contribution in [0.1, 0.15) is 0 Å². The Bertz CT molecular complexity index is 215. The molecule has 6 heteroatoms. The molecule has 1 aliphatic heterocycles. The van der Waals surface area contributed by atoms with Crippen molar-refractivity contribution in [2.45, 2.75) is 0 Å². The minimum absolute atomic E-state index is 0.186. The van der Waals surface area contributed by atoms with Gasteiger partial charge < -0.3 is 5.11 Å². The number of imide groups is 1. The third kappa shape index (κ3) is 1.06. The molecule has 0 aromatic heterocycles. The zero-order chi connectivity index (χ0) is 7.72. The molecule has 0 radical (unpaired) electrons. The Kier molecular flexibility index (Phi) is 1.54. The van der Waals surface area contributed by atoms with E-state index in [1.807, 2.05) is 5.32 Å². The number of rotatable bonds is 0. The topological polar surface area (TPSA) is 69.6 Å². The Balaban J connectivity index is 2.72. The Morgan fingerprint density at radius 3 is 2.50 bits per heavy atom. The summed E-state index contributed by atoms with van der Waals surface area (Å²) in [6.45, 7) is -0.186. The molecule has 0 saturated carbocycles. The van der Waals surface area contributed by atoms with Gasteiger partial charge in [-0.25, -0.2) is 9.69 Å². The van der Waals surface area contributed by atoms with E-state index in [0.29, 0.717) is 0 Å². The van der Waals surface area contributed by atoms with Crippen LogP contribution in [0.15, 0.2) is 0 Å². The van der Waals surface area contributed by atoms with E-state index >= 15 is 0 Å². The zero-order valence-electron chi connectivity index (χ0n) is 4.83. The van der Waals surface area contributed by atoms with Crippen molar-refractivity contribution in [3.05, 3.63) is 0 Å². The lowest BCUT2D eigenvalue weighted by Crippen LogP contribution is -2.32. The number of urea groups is 1. The Hall–Kier alpha value is -1.17. The summed E-state index contributed by atoms with van der Waals surface area (Å²) in [7, 11) is 0. The molecule has 10 heavy (non-hydrogen) atoms. The molecule has 1 heterocycles. The molecule has 3 amide bonds. The molecule has 0 aromatic carbocycles. The third-order valence-corrected chi connectivity index (χ3v) is 1.24. The third-order valence-electron chi connectivity index (χ3n) is 1.02. The van der Waals surface area contributed by atoms with Gasteiger partial charge in [-0.15, -0.1) is 0 Å². The number of hydrogen-bond acceptors (Lipinski definition) is 3. The van der Waals surface area contributed by atoms with Crippen LogP contribution >= 0.6 is 12.2 Å². The average molecular weight is 160 g/mol. The molecule has 0 spiro atoms. The van der Waals surface area contributed by atoms with Gasteiger partial charge in [0.25, 0.3) is 5.17 Å². The van der Waals surface area contributed by atoms with E-state index in [-0.39, 0.29) is 6.54 Å². The van der Waals surface area contributed by atoms with Gasteiger partial charge in [-0.3, -0.25) is 10.1 Å². The van der Waals surface area contributed by atoms with E-state index in [0.717, 1.165) is 4.90 Å². The van der Waals surface area contributed by atoms with Crippen LogP contribution in [0.2, 0.25) is 0 Å². The van der Waals surface area contributed by atoms with Gasteiger partial charge in [-0.05, 0) is 12.2 Å². The van der Waals surface area contributed by atoms with Crippen LogP contribution in [0.25, 0.3) is 0 Å². The summed E-state index contributed by atoms with van der Waals surface area (Å²) in [6.07, 6.45) is 0. The van der Waals surface area contributed by atoms with E-state index in [9.17, 15) is 9.59 Å². The minimum atomic E-state index is -0.669. The largest absolute Gasteiger partial charge is 0.486 e. The summed E-state index contributed by atoms with van der Waals surface area (Å²) in [5.74, 6) is -0.457. The highest BCUT2D eigenvalue weighted by Gasteiger charge is 2.29. The van der Waals surface area contributed by atoms with Gasteiger partial charge in [0.05, 0.1) is 0 Å². The molecular formula is C4H4N2O3S. The first-order valence-electron chi connectivity index (χ1n) is 2.45. The summed E-state index contributed by atoms with van der Waals surface area (Å²) < 4.78 is 0. The molecule has 0 atom stereocenters. The highest BCUT2D eigenvalue weighted by atomic mass is 32.1. The number of aliphatic hydroxyl groups excluding tert-OH is 1. The number of hydrogen-bond donors (Lipinski definition) is 2. The first-order valence-corrected chi connectivity index (χ1v) is 2.86. The molecule has 54 valence electrons. The molecular weight excluding hydrogens is 156 g/mol. The van der Waals surface area contributed by atoms with Gasteiger partial charge >= 0.3 is 6.03 Å². The Morgan fingerprint density at radius 1 is 1.70 bits per heavy atom.